The summed E-state index contributed by atoms with van der Waals surface area (Å²) in [5.74, 6) is 2.91. The number of rotatable bonds is 9. The molecule has 1 amide bonds. The van der Waals surface area contributed by atoms with Gasteiger partial charge in [0.1, 0.15) is 29.7 Å². The minimum Gasteiger partial charge on any atom is -0.497 e. The standard InChI is InChI=1S/C30H34N6O4/c1-35-9-11-36(12-10-35)28-26-8-7-22(16-27(26)33-30(31)34-28)29(37)32-18-20-5-4-6-23(13-20)40-19-21-14-24(38-2)17-25(15-21)39-3/h4-8,13-17H,9-12,18-19H2,1-3H3,(H,32,37)(H2,31,33,34). The molecular formula is C30H34N6O4. The van der Waals surface area contributed by atoms with Crippen molar-refractivity contribution in [3.8, 4) is 17.2 Å². The van der Waals surface area contributed by atoms with E-state index in [-0.39, 0.29) is 11.9 Å². The second-order valence-corrected chi connectivity index (χ2v) is 9.77. The number of nitrogens with one attached hydrogen (secondary N) is 1. The number of fused-ring (bicyclic) bond motifs is 1. The van der Waals surface area contributed by atoms with Crippen molar-refractivity contribution in [3.05, 3.63) is 77.4 Å². The number of piperazine rings is 1. The molecule has 10 heteroatoms. The van der Waals surface area contributed by atoms with Crippen LogP contribution >= 0.6 is 0 Å². The molecule has 5 rings (SSSR count). The molecule has 4 aromatic rings. The Morgan fingerprint density at radius 2 is 1.62 bits per heavy atom. The quantitative estimate of drug-likeness (QED) is 0.328. The predicted molar refractivity (Wildman–Crippen MR) is 155 cm³/mol. The molecule has 1 aromatic heterocycles. The summed E-state index contributed by atoms with van der Waals surface area (Å²) in [7, 11) is 5.34. The highest BCUT2D eigenvalue weighted by atomic mass is 16.5. The zero-order valence-corrected chi connectivity index (χ0v) is 23.0. The fourth-order valence-corrected chi connectivity index (χ4v) is 4.68. The van der Waals surface area contributed by atoms with Gasteiger partial charge in [0.2, 0.25) is 5.95 Å². The lowest BCUT2D eigenvalue weighted by atomic mass is 10.1. The molecule has 10 nitrogen and oxygen atoms in total. The zero-order chi connectivity index (χ0) is 28.1. The molecule has 3 aromatic carbocycles. The van der Waals surface area contributed by atoms with Gasteiger partial charge in [0.25, 0.3) is 5.91 Å². The summed E-state index contributed by atoms with van der Waals surface area (Å²) >= 11 is 0. The Morgan fingerprint density at radius 3 is 2.35 bits per heavy atom. The zero-order valence-electron chi connectivity index (χ0n) is 23.0. The molecule has 0 spiro atoms. The van der Waals surface area contributed by atoms with Gasteiger partial charge in [-0.25, -0.2) is 4.98 Å². The highest BCUT2D eigenvalue weighted by molar-refractivity contribution is 6.00. The summed E-state index contributed by atoms with van der Waals surface area (Å²) in [5, 5.41) is 3.87. The van der Waals surface area contributed by atoms with E-state index < -0.39 is 0 Å². The highest BCUT2D eigenvalue weighted by Gasteiger charge is 2.19. The SMILES string of the molecule is COc1cc(COc2cccc(CNC(=O)c3ccc4c(N5CCN(C)CC5)nc(N)nc4c3)c2)cc(OC)c1. The molecule has 40 heavy (non-hydrogen) atoms. The van der Waals surface area contributed by atoms with E-state index in [0.29, 0.717) is 41.5 Å². The van der Waals surface area contributed by atoms with Crippen LogP contribution in [0, 0.1) is 0 Å². The molecule has 0 saturated carbocycles. The average Bonchev–Trinajstić information content (AvgIpc) is 2.98. The number of ether oxygens (including phenoxy) is 3. The number of likely N-dealkylation sites (N-methyl/N-ethyl adjacent to an activating group) is 1. The molecule has 1 saturated heterocycles. The number of aromatic nitrogens is 2. The van der Waals surface area contributed by atoms with Gasteiger partial charge < -0.3 is 35.1 Å². The summed E-state index contributed by atoms with van der Waals surface area (Å²) in [6.45, 7) is 4.32. The summed E-state index contributed by atoms with van der Waals surface area (Å²) in [6, 6.07) is 18.7. The van der Waals surface area contributed by atoms with Crippen molar-refractivity contribution in [2.24, 2.45) is 0 Å². The molecule has 208 valence electrons. The van der Waals surface area contributed by atoms with Crippen LogP contribution in [0.25, 0.3) is 10.9 Å². The van der Waals surface area contributed by atoms with Gasteiger partial charge in [0.15, 0.2) is 0 Å². The van der Waals surface area contributed by atoms with Crippen molar-refractivity contribution in [2.75, 3.05) is 58.1 Å². The fraction of sp³-hybridized carbons (Fsp3) is 0.300. The first-order valence-electron chi connectivity index (χ1n) is 13.1. The summed E-state index contributed by atoms with van der Waals surface area (Å²) in [5.41, 5.74) is 9.04. The van der Waals surface area contributed by atoms with E-state index in [2.05, 4.69) is 32.1 Å². The molecular weight excluding hydrogens is 508 g/mol. The number of hydrogen-bond donors (Lipinski definition) is 2. The van der Waals surface area contributed by atoms with Crippen LogP contribution in [0.1, 0.15) is 21.5 Å². The number of carbonyl (C=O) groups is 1. The Bertz CT molecular complexity index is 1480. The minimum absolute atomic E-state index is 0.197. The van der Waals surface area contributed by atoms with Crippen LogP contribution in [0.2, 0.25) is 0 Å². The Labute approximate surface area is 233 Å². The smallest absolute Gasteiger partial charge is 0.251 e. The Hall–Kier alpha value is -4.57. The summed E-state index contributed by atoms with van der Waals surface area (Å²) in [6.07, 6.45) is 0. The number of carbonyl (C=O) groups excluding carboxylic acids is 1. The first-order chi connectivity index (χ1) is 19.4. The molecule has 0 bridgehead atoms. The first kappa shape index (κ1) is 27.0. The lowest BCUT2D eigenvalue weighted by molar-refractivity contribution is 0.0951. The van der Waals surface area contributed by atoms with Crippen LogP contribution < -0.4 is 30.2 Å². The fourth-order valence-electron chi connectivity index (χ4n) is 4.68. The van der Waals surface area contributed by atoms with E-state index in [0.717, 1.165) is 48.5 Å². The van der Waals surface area contributed by atoms with Crippen molar-refractivity contribution >= 4 is 28.6 Å². The number of benzene rings is 3. The number of nitrogens with zero attached hydrogens (tertiary/aromatic N) is 4. The first-order valence-corrected chi connectivity index (χ1v) is 13.1. The molecule has 0 atom stereocenters. The number of methoxy groups -OCH3 is 2. The predicted octanol–water partition coefficient (Wildman–Crippen LogP) is 3.49. The third-order valence-corrected chi connectivity index (χ3v) is 6.93. The van der Waals surface area contributed by atoms with Crippen LogP contribution in [-0.2, 0) is 13.2 Å². The molecule has 0 radical (unpaired) electrons. The molecule has 0 aliphatic carbocycles. The molecule has 3 N–H and O–H groups in total. The van der Waals surface area contributed by atoms with Gasteiger partial charge in [-0.3, -0.25) is 4.79 Å². The number of amides is 1. The molecule has 1 aliphatic rings. The molecule has 2 heterocycles. The number of hydrogen-bond acceptors (Lipinski definition) is 9. The lowest BCUT2D eigenvalue weighted by Gasteiger charge is -2.33. The van der Waals surface area contributed by atoms with Crippen molar-refractivity contribution in [2.45, 2.75) is 13.2 Å². The van der Waals surface area contributed by atoms with Gasteiger partial charge in [-0.2, -0.15) is 4.98 Å². The minimum atomic E-state index is -0.199. The van der Waals surface area contributed by atoms with Crippen LogP contribution in [0.5, 0.6) is 17.2 Å². The summed E-state index contributed by atoms with van der Waals surface area (Å²) < 4.78 is 16.7. The largest absolute Gasteiger partial charge is 0.497 e. The maximum Gasteiger partial charge on any atom is 0.251 e. The third-order valence-electron chi connectivity index (χ3n) is 6.93. The average molecular weight is 543 g/mol. The topological polar surface area (TPSA) is 115 Å². The Morgan fingerprint density at radius 1 is 0.900 bits per heavy atom. The van der Waals surface area contributed by atoms with E-state index >= 15 is 0 Å². The van der Waals surface area contributed by atoms with Gasteiger partial charge >= 0.3 is 0 Å². The van der Waals surface area contributed by atoms with Crippen molar-refractivity contribution in [3.63, 3.8) is 0 Å². The van der Waals surface area contributed by atoms with Gasteiger partial charge in [-0.15, -0.1) is 0 Å². The van der Waals surface area contributed by atoms with E-state index in [1.165, 1.54) is 0 Å². The van der Waals surface area contributed by atoms with Gasteiger partial charge in [-0.1, -0.05) is 12.1 Å². The van der Waals surface area contributed by atoms with Crippen molar-refractivity contribution < 1.29 is 19.0 Å². The molecule has 1 fully saturated rings. The Kier molecular flexibility index (Phi) is 8.16. The van der Waals surface area contributed by atoms with E-state index in [4.69, 9.17) is 19.9 Å². The normalized spacial score (nSPS) is 13.7. The second-order valence-electron chi connectivity index (χ2n) is 9.77. The Balaban J connectivity index is 1.24. The molecule has 0 unspecified atom stereocenters. The number of nitrogen functional groups attached to an aromatic ring is 1. The van der Waals surface area contributed by atoms with Crippen molar-refractivity contribution in [1.82, 2.24) is 20.2 Å². The van der Waals surface area contributed by atoms with Crippen LogP contribution in [-0.4, -0.2) is 68.2 Å². The number of anilines is 2. The molecule has 1 aliphatic heterocycles. The number of nitrogens with two attached hydrogens (primary N) is 1. The van der Waals surface area contributed by atoms with E-state index in [1.54, 1.807) is 26.4 Å². The van der Waals surface area contributed by atoms with Gasteiger partial charge in [-0.05, 0) is 60.6 Å². The second kappa shape index (κ2) is 12.1. The summed E-state index contributed by atoms with van der Waals surface area (Å²) in [4.78, 5) is 26.4. The van der Waals surface area contributed by atoms with Crippen LogP contribution in [0.4, 0.5) is 11.8 Å². The highest BCUT2D eigenvalue weighted by Crippen LogP contribution is 2.27. The van der Waals surface area contributed by atoms with Gasteiger partial charge in [0.05, 0.1) is 19.7 Å². The van der Waals surface area contributed by atoms with Crippen LogP contribution in [0.15, 0.2) is 60.7 Å². The third kappa shape index (κ3) is 6.35. The van der Waals surface area contributed by atoms with Crippen molar-refractivity contribution in [1.29, 1.82) is 0 Å². The van der Waals surface area contributed by atoms with E-state index in [1.807, 2.05) is 48.5 Å². The maximum absolute atomic E-state index is 13.0. The lowest BCUT2D eigenvalue weighted by Crippen LogP contribution is -2.45. The monoisotopic (exact) mass is 542 g/mol. The van der Waals surface area contributed by atoms with E-state index in [9.17, 15) is 4.79 Å². The van der Waals surface area contributed by atoms with Crippen LogP contribution in [0.3, 0.4) is 0 Å². The maximum atomic E-state index is 13.0. The van der Waals surface area contributed by atoms with Gasteiger partial charge in [0, 0.05) is 49.7 Å².